The topological polar surface area (TPSA) is 112 Å². The number of carbonyl (C=O) groups is 3. The molecule has 0 saturated heterocycles. The normalized spacial score (nSPS) is 13.5. The molecule has 2 aromatic carbocycles. The molecule has 0 spiro atoms. The zero-order valence-corrected chi connectivity index (χ0v) is 56.2. The van der Waals surface area contributed by atoms with Gasteiger partial charge in [-0.1, -0.05) is 185 Å². The zero-order valence-electron chi connectivity index (χ0n) is 55.1. The Hall–Kier alpha value is -4.66. The number of alkyl halides is 1. The van der Waals surface area contributed by atoms with Crippen molar-refractivity contribution in [1.29, 1.82) is 0 Å². The van der Waals surface area contributed by atoms with Crippen LogP contribution in [0.2, 0.25) is 0 Å². The highest BCUT2D eigenvalue weighted by molar-refractivity contribution is 7.18. The number of halogens is 1. The first-order valence-electron chi connectivity index (χ1n) is 28.9. The molecule has 0 bridgehead atoms. The van der Waals surface area contributed by atoms with E-state index in [0.717, 1.165) is 30.8 Å². The first-order chi connectivity index (χ1) is 36.5. The summed E-state index contributed by atoms with van der Waals surface area (Å²) in [5.41, 5.74) is 5.71. The van der Waals surface area contributed by atoms with Gasteiger partial charge in [0.15, 0.2) is 0 Å². The minimum Gasteiger partial charge on any atom is -0.386 e. The van der Waals surface area contributed by atoms with Crippen molar-refractivity contribution >= 4 is 54.6 Å². The van der Waals surface area contributed by atoms with Crippen molar-refractivity contribution in [2.75, 3.05) is 13.7 Å². The number of allylic oxidation sites excluding steroid dienone is 2. The lowest BCUT2D eigenvalue weighted by Crippen LogP contribution is -2.49. The Morgan fingerprint density at radius 3 is 1.62 bits per heavy atom. The molecule has 0 radical (unpaired) electrons. The second-order valence-corrected chi connectivity index (χ2v) is 17.8. The van der Waals surface area contributed by atoms with Gasteiger partial charge in [-0.25, -0.2) is 4.39 Å². The molecule has 1 heterocycles. The minimum absolute atomic E-state index is 0. The first-order valence-corrected chi connectivity index (χ1v) is 29.5. The molecule has 0 aliphatic carbocycles. The molecular formula is C67H129FN5O4P. The predicted octanol–water partition coefficient (Wildman–Crippen LogP) is 19.8. The number of amides is 2. The third kappa shape index (κ3) is 50.8. The summed E-state index contributed by atoms with van der Waals surface area (Å²) in [5.74, 6) is 0.578. The average Bonchev–Trinajstić information content (AvgIpc) is 3.46. The molecule has 458 valence electrons. The first kappa shape index (κ1) is 95.7. The molecule has 7 atom stereocenters. The fourth-order valence-corrected chi connectivity index (χ4v) is 6.03. The fourth-order valence-electron chi connectivity index (χ4n) is 6.03. The SMILES string of the molecule is C.C=C.C=C.C=CC(=O)NC(C(C)C)C(C)OC.CC.CC.CC.CC.CC.CC(C)=O.CCC.CCC(=O)N(CC)C(CC)C(C)N/C=C(\C)C1C=CC(c2ccc3cc(N=C(C)CC)ccc3c2)=CN1.CCC(C)(F)P. The Balaban J connectivity index is -0.000000116. The third-order valence-corrected chi connectivity index (χ3v) is 10.5. The summed E-state index contributed by atoms with van der Waals surface area (Å²) in [6, 6.07) is 13.5. The van der Waals surface area contributed by atoms with Gasteiger partial charge in [0.1, 0.15) is 11.2 Å². The van der Waals surface area contributed by atoms with Crippen LogP contribution in [0.1, 0.15) is 225 Å². The van der Waals surface area contributed by atoms with Crippen LogP contribution in [0, 0.1) is 5.92 Å². The van der Waals surface area contributed by atoms with E-state index in [1.54, 1.807) is 7.11 Å². The molecule has 0 saturated carbocycles. The molecule has 9 nitrogen and oxygen atoms in total. The van der Waals surface area contributed by atoms with Crippen molar-refractivity contribution in [2.45, 2.75) is 255 Å². The van der Waals surface area contributed by atoms with Crippen LogP contribution in [0.5, 0.6) is 0 Å². The van der Waals surface area contributed by atoms with Crippen molar-refractivity contribution in [3.63, 3.8) is 0 Å². The highest BCUT2D eigenvalue weighted by Gasteiger charge is 2.25. The van der Waals surface area contributed by atoms with Gasteiger partial charge in [-0.15, -0.1) is 26.3 Å². The fraction of sp³-hybridized carbons (Fsp3) is 0.612. The lowest BCUT2D eigenvalue weighted by atomic mass is 9.97. The van der Waals surface area contributed by atoms with Crippen LogP contribution in [0.3, 0.4) is 0 Å². The van der Waals surface area contributed by atoms with Gasteiger partial charge in [-0.05, 0) is 139 Å². The van der Waals surface area contributed by atoms with Crippen molar-refractivity contribution < 1.29 is 23.5 Å². The van der Waals surface area contributed by atoms with Gasteiger partial charge in [0.05, 0.1) is 29.9 Å². The number of ether oxygens (including phenoxy) is 1. The molecule has 0 fully saturated rings. The largest absolute Gasteiger partial charge is 0.386 e. The number of rotatable bonds is 17. The second-order valence-electron chi connectivity index (χ2n) is 16.6. The molecule has 7 unspecified atom stereocenters. The van der Waals surface area contributed by atoms with E-state index in [2.05, 4.69) is 179 Å². The monoisotopic (exact) mass is 1120 g/mol. The Bertz CT molecular complexity index is 1810. The Morgan fingerprint density at radius 2 is 1.27 bits per heavy atom. The molecule has 2 amide bonds. The molecule has 1 aliphatic rings. The maximum absolute atomic E-state index is 12.4. The standard InChI is InChI=1S/C32H44N4O.C10H19NO2.C4H10FP.C3H6O.C3H8.5C2H6.2C2H4.CH4/c1-8-23(6)35-29-16-14-25-18-26(12-13-27(25)19-29)28-15-17-30(34-21-28)22(5)20-33-24(7)31(9-2)36(11-4)32(37)10-3;1-6-9(12)11-10(7(2)3)8(4)13-5;1-3-4(2,5)6;1-3(2)4;1-3-2;7*1-2;/h12-21,24,30-31,33-34H,8-11H2,1-7H3;6-8,10H,1H2,2-5H3,(H,11,12);3,6H2,1-2H3;1-2H3;3H2,1-2H3;5*1-2H3;2*1-2H2;1H4/b22-20+,35-23?;;;;;;;;;;;;. The summed E-state index contributed by atoms with van der Waals surface area (Å²) in [5, 5.41) is 11.3. The Kier molecular flexibility index (Phi) is 81.7. The van der Waals surface area contributed by atoms with Crippen LogP contribution in [0.15, 0.2) is 110 Å². The van der Waals surface area contributed by atoms with Crippen LogP contribution in [-0.4, -0.2) is 77.5 Å². The number of hydrogen-bond donors (Lipinski definition) is 3. The maximum atomic E-state index is 12.4. The number of aliphatic imine (C=N–C) groups is 1. The summed E-state index contributed by atoms with van der Waals surface area (Å²) in [4.78, 5) is 39.6. The van der Waals surface area contributed by atoms with Gasteiger partial charge in [-0.3, -0.25) is 14.6 Å². The minimum atomic E-state index is -1.04. The van der Waals surface area contributed by atoms with Gasteiger partial charge < -0.3 is 30.4 Å². The van der Waals surface area contributed by atoms with E-state index in [4.69, 9.17) is 4.74 Å². The quantitative estimate of drug-likeness (QED) is 0.0630. The predicted molar refractivity (Wildman–Crippen MR) is 360 cm³/mol. The lowest BCUT2D eigenvalue weighted by Gasteiger charge is -2.35. The maximum Gasteiger partial charge on any atom is 0.243 e. The summed E-state index contributed by atoms with van der Waals surface area (Å²) in [7, 11) is 3.76. The molecule has 3 N–H and O–H groups in total. The number of ketones is 1. The van der Waals surface area contributed by atoms with E-state index in [9.17, 15) is 18.8 Å². The Labute approximate surface area is 487 Å². The van der Waals surface area contributed by atoms with E-state index in [-0.39, 0.29) is 55.3 Å². The molecule has 0 aromatic heterocycles. The van der Waals surface area contributed by atoms with Crippen molar-refractivity contribution in [3.05, 3.63) is 111 Å². The molecule has 2 aromatic rings. The van der Waals surface area contributed by atoms with Crippen LogP contribution < -0.4 is 16.0 Å². The average molecular weight is 1120 g/mol. The van der Waals surface area contributed by atoms with Gasteiger partial charge in [0, 0.05) is 38.0 Å². The van der Waals surface area contributed by atoms with Gasteiger partial charge in [-0.2, -0.15) is 0 Å². The van der Waals surface area contributed by atoms with Gasteiger partial charge in [0.2, 0.25) is 11.8 Å². The zero-order chi connectivity index (χ0) is 62.9. The number of hydrogen-bond acceptors (Lipinski definition) is 7. The van der Waals surface area contributed by atoms with E-state index in [0.29, 0.717) is 18.8 Å². The number of carbonyl (C=O) groups excluding carboxylic acids is 3. The molecular weight excluding hydrogens is 989 g/mol. The van der Waals surface area contributed by atoms with Gasteiger partial charge in [0.25, 0.3) is 0 Å². The number of nitrogens with one attached hydrogen (secondary N) is 3. The summed E-state index contributed by atoms with van der Waals surface area (Å²) < 4.78 is 17.3. The molecule has 3 rings (SSSR count). The summed E-state index contributed by atoms with van der Waals surface area (Å²) in [6.07, 6.45) is 14.1. The van der Waals surface area contributed by atoms with Crippen LogP contribution in [0.4, 0.5) is 10.1 Å². The van der Waals surface area contributed by atoms with Crippen LogP contribution in [0.25, 0.3) is 16.3 Å². The lowest BCUT2D eigenvalue weighted by molar-refractivity contribution is -0.133. The van der Waals surface area contributed by atoms with Crippen LogP contribution >= 0.6 is 9.24 Å². The smallest absolute Gasteiger partial charge is 0.243 e. The number of nitrogens with zero attached hydrogens (tertiary/aromatic N) is 2. The van der Waals surface area contributed by atoms with E-state index < -0.39 is 5.41 Å². The summed E-state index contributed by atoms with van der Waals surface area (Å²) >= 11 is 0. The van der Waals surface area contributed by atoms with Gasteiger partial charge >= 0.3 is 0 Å². The number of Topliss-reactive ketones (excluding diaryl/α,β-unsaturated/α-hetero) is 1. The number of benzene rings is 2. The molecule has 11 heteroatoms. The third-order valence-electron chi connectivity index (χ3n) is 10.1. The highest BCUT2D eigenvalue weighted by atomic mass is 31.0. The summed E-state index contributed by atoms with van der Waals surface area (Å²) in [6.45, 7) is 67.5. The van der Waals surface area contributed by atoms with E-state index in [1.165, 1.54) is 60.8 Å². The van der Waals surface area contributed by atoms with Crippen molar-refractivity contribution in [3.8, 4) is 0 Å². The molecule has 78 heavy (non-hydrogen) atoms. The van der Waals surface area contributed by atoms with E-state index >= 15 is 0 Å². The van der Waals surface area contributed by atoms with Crippen molar-refractivity contribution in [2.24, 2.45) is 10.9 Å². The van der Waals surface area contributed by atoms with Crippen molar-refractivity contribution in [1.82, 2.24) is 20.9 Å². The number of methoxy groups -OCH3 is 1. The highest BCUT2D eigenvalue weighted by Crippen LogP contribution is 2.27. The number of fused-ring (bicyclic) bond motifs is 1. The van der Waals surface area contributed by atoms with Crippen LogP contribution in [-0.2, 0) is 19.1 Å². The second kappa shape index (κ2) is 66.6. The Morgan fingerprint density at radius 1 is 0.821 bits per heavy atom. The number of dihydropyridines is 1. The number of likely N-dealkylation sites (N-methyl/N-ethyl adjacent to an activating group) is 1. The molecule has 1 aliphatic heterocycles. The van der Waals surface area contributed by atoms with E-state index in [1.807, 2.05) is 109 Å².